The van der Waals surface area contributed by atoms with E-state index >= 15 is 0 Å². The molecule has 0 aliphatic heterocycles. The van der Waals surface area contributed by atoms with Gasteiger partial charge < -0.3 is 5.11 Å². The molecule has 0 aromatic heterocycles. The van der Waals surface area contributed by atoms with Crippen LogP contribution in [0.2, 0.25) is 0 Å². The Morgan fingerprint density at radius 2 is 2.30 bits per heavy atom. The normalized spacial score (nSPS) is 33.7. The van der Waals surface area contributed by atoms with Crippen molar-refractivity contribution < 1.29 is 5.11 Å². The van der Waals surface area contributed by atoms with E-state index in [0.717, 1.165) is 25.2 Å². The average molecular weight is 140 g/mol. The second-order valence-corrected chi connectivity index (χ2v) is 3.28. The fraction of sp³-hybridized carbons (Fsp3) is 0.778. The lowest BCUT2D eigenvalue weighted by molar-refractivity contribution is 0.359. The molecule has 1 aliphatic carbocycles. The van der Waals surface area contributed by atoms with Crippen LogP contribution in [0.5, 0.6) is 0 Å². The molecule has 0 heterocycles. The van der Waals surface area contributed by atoms with Gasteiger partial charge in [0.25, 0.3) is 0 Å². The zero-order valence-corrected chi connectivity index (χ0v) is 6.64. The van der Waals surface area contributed by atoms with Crippen LogP contribution in [0.3, 0.4) is 0 Å². The van der Waals surface area contributed by atoms with E-state index in [9.17, 15) is 5.11 Å². The van der Waals surface area contributed by atoms with E-state index in [4.69, 9.17) is 0 Å². The highest BCUT2D eigenvalue weighted by Gasteiger charge is 2.04. The van der Waals surface area contributed by atoms with Crippen molar-refractivity contribution >= 4 is 0 Å². The first-order valence-corrected chi connectivity index (χ1v) is 4.17. The number of aliphatic hydroxyl groups excluding tert-OH is 1. The van der Waals surface area contributed by atoms with E-state index in [1.807, 2.05) is 6.08 Å². The maximum atomic E-state index is 9.19. The third kappa shape index (κ3) is 2.42. The van der Waals surface area contributed by atoms with Crippen LogP contribution in [0.15, 0.2) is 11.8 Å². The van der Waals surface area contributed by atoms with Crippen molar-refractivity contribution in [3.05, 3.63) is 11.8 Å². The predicted molar refractivity (Wildman–Crippen MR) is 43.0 cm³/mol. The summed E-state index contributed by atoms with van der Waals surface area (Å²) in [7, 11) is 0. The van der Waals surface area contributed by atoms with Crippen LogP contribution in [0.25, 0.3) is 0 Å². The molecular weight excluding hydrogens is 124 g/mol. The molecular formula is C9H16O. The molecule has 10 heavy (non-hydrogen) atoms. The monoisotopic (exact) mass is 140 g/mol. The zero-order valence-electron chi connectivity index (χ0n) is 6.64. The van der Waals surface area contributed by atoms with Gasteiger partial charge in [0.05, 0.1) is 5.76 Å². The topological polar surface area (TPSA) is 20.2 Å². The van der Waals surface area contributed by atoms with Crippen LogP contribution in [0.1, 0.15) is 39.0 Å². The van der Waals surface area contributed by atoms with Crippen LogP contribution in [0.4, 0.5) is 0 Å². The third-order valence-electron chi connectivity index (χ3n) is 2.14. The molecule has 0 fully saturated rings. The molecule has 0 aromatic rings. The van der Waals surface area contributed by atoms with E-state index in [1.54, 1.807) is 0 Å². The molecule has 0 saturated carbocycles. The highest BCUT2D eigenvalue weighted by molar-refractivity contribution is 4.92. The summed E-state index contributed by atoms with van der Waals surface area (Å²) >= 11 is 0. The van der Waals surface area contributed by atoms with Gasteiger partial charge in [-0.05, 0) is 24.8 Å². The summed E-state index contributed by atoms with van der Waals surface area (Å²) in [6.45, 7) is 2.25. The number of hydrogen-bond donors (Lipinski definition) is 1. The summed E-state index contributed by atoms with van der Waals surface area (Å²) < 4.78 is 0. The van der Waals surface area contributed by atoms with Gasteiger partial charge in [0.2, 0.25) is 0 Å². The van der Waals surface area contributed by atoms with Crippen molar-refractivity contribution in [3.63, 3.8) is 0 Å². The highest BCUT2D eigenvalue weighted by atomic mass is 16.3. The van der Waals surface area contributed by atoms with Crippen molar-refractivity contribution in [1.29, 1.82) is 0 Å². The second-order valence-electron chi connectivity index (χ2n) is 3.28. The Hall–Kier alpha value is -0.460. The highest BCUT2D eigenvalue weighted by Crippen LogP contribution is 2.19. The Bertz CT molecular complexity index is 127. The van der Waals surface area contributed by atoms with Gasteiger partial charge in [-0.25, -0.2) is 0 Å². The summed E-state index contributed by atoms with van der Waals surface area (Å²) in [4.78, 5) is 0. The number of allylic oxidation sites excluding steroid dienone is 2. The molecule has 58 valence electrons. The van der Waals surface area contributed by atoms with Gasteiger partial charge in [0.1, 0.15) is 0 Å². The standard InChI is InChI=1S/C9H16O/c1-8-4-2-3-5-9(10)7-6-8/h7-8,10H,2-6H2,1H3/b9-7+. The minimum atomic E-state index is 0.603. The SMILES string of the molecule is CC1C/C=C(/O)CCCC1. The van der Waals surface area contributed by atoms with E-state index < -0.39 is 0 Å². The van der Waals surface area contributed by atoms with Gasteiger partial charge in [-0.2, -0.15) is 0 Å². The van der Waals surface area contributed by atoms with E-state index in [1.165, 1.54) is 12.8 Å². The van der Waals surface area contributed by atoms with Crippen molar-refractivity contribution in [2.45, 2.75) is 39.0 Å². The first-order valence-electron chi connectivity index (χ1n) is 4.17. The Labute approximate surface area is 62.8 Å². The molecule has 1 nitrogen and oxygen atoms in total. The van der Waals surface area contributed by atoms with Crippen molar-refractivity contribution in [2.75, 3.05) is 0 Å². The fourth-order valence-corrected chi connectivity index (χ4v) is 1.36. The van der Waals surface area contributed by atoms with Crippen LogP contribution < -0.4 is 0 Å². The molecule has 1 atom stereocenters. The Balaban J connectivity index is 2.42. The summed E-state index contributed by atoms with van der Waals surface area (Å²) in [6, 6.07) is 0. The molecule has 0 saturated heterocycles. The van der Waals surface area contributed by atoms with Gasteiger partial charge in [0, 0.05) is 6.42 Å². The molecule has 0 bridgehead atoms. The molecule has 0 radical (unpaired) electrons. The quantitative estimate of drug-likeness (QED) is 0.548. The predicted octanol–water partition coefficient (Wildman–Crippen LogP) is 3.03. The minimum absolute atomic E-state index is 0.603. The summed E-state index contributed by atoms with van der Waals surface area (Å²) in [5.41, 5.74) is 0. The number of hydrogen-bond acceptors (Lipinski definition) is 1. The lowest BCUT2D eigenvalue weighted by atomic mass is 9.96. The van der Waals surface area contributed by atoms with Gasteiger partial charge in [-0.15, -0.1) is 0 Å². The molecule has 0 aromatic carbocycles. The molecule has 1 N–H and O–H groups in total. The second kappa shape index (κ2) is 3.65. The number of rotatable bonds is 0. The molecule has 1 heteroatoms. The van der Waals surface area contributed by atoms with Crippen molar-refractivity contribution in [1.82, 2.24) is 0 Å². The Morgan fingerprint density at radius 3 is 3.10 bits per heavy atom. The molecule has 1 rings (SSSR count). The molecule has 0 spiro atoms. The minimum Gasteiger partial charge on any atom is -0.513 e. The maximum Gasteiger partial charge on any atom is 0.0882 e. The van der Waals surface area contributed by atoms with Crippen LogP contribution >= 0.6 is 0 Å². The molecule has 0 amide bonds. The van der Waals surface area contributed by atoms with Gasteiger partial charge in [-0.1, -0.05) is 19.8 Å². The largest absolute Gasteiger partial charge is 0.513 e. The van der Waals surface area contributed by atoms with Crippen LogP contribution in [0, 0.1) is 5.92 Å². The molecule has 1 unspecified atom stereocenters. The van der Waals surface area contributed by atoms with E-state index in [-0.39, 0.29) is 0 Å². The summed E-state index contributed by atoms with van der Waals surface area (Å²) in [5, 5.41) is 9.19. The van der Waals surface area contributed by atoms with Gasteiger partial charge in [-0.3, -0.25) is 0 Å². The van der Waals surface area contributed by atoms with E-state index in [2.05, 4.69) is 6.92 Å². The number of aliphatic hydroxyl groups is 1. The molecule has 1 aliphatic rings. The third-order valence-corrected chi connectivity index (χ3v) is 2.14. The lowest BCUT2D eigenvalue weighted by Gasteiger charge is -2.11. The van der Waals surface area contributed by atoms with Crippen molar-refractivity contribution in [3.8, 4) is 0 Å². The zero-order chi connectivity index (χ0) is 7.40. The first kappa shape index (κ1) is 7.64. The first-order chi connectivity index (χ1) is 4.79. The Kier molecular flexibility index (Phi) is 2.79. The van der Waals surface area contributed by atoms with Gasteiger partial charge >= 0.3 is 0 Å². The summed E-state index contributed by atoms with van der Waals surface area (Å²) in [5.74, 6) is 1.37. The summed E-state index contributed by atoms with van der Waals surface area (Å²) in [6.07, 6.45) is 7.69. The van der Waals surface area contributed by atoms with Crippen LogP contribution in [-0.4, -0.2) is 5.11 Å². The van der Waals surface area contributed by atoms with Crippen LogP contribution in [-0.2, 0) is 0 Å². The van der Waals surface area contributed by atoms with E-state index in [0.29, 0.717) is 5.76 Å². The fourth-order valence-electron chi connectivity index (χ4n) is 1.36. The van der Waals surface area contributed by atoms with Crippen molar-refractivity contribution in [2.24, 2.45) is 5.92 Å². The van der Waals surface area contributed by atoms with Gasteiger partial charge in [0.15, 0.2) is 0 Å². The smallest absolute Gasteiger partial charge is 0.0882 e. The Morgan fingerprint density at radius 1 is 1.50 bits per heavy atom. The average Bonchev–Trinajstić information content (AvgIpc) is 1.90. The lowest BCUT2D eigenvalue weighted by Crippen LogP contribution is -1.97. The maximum absolute atomic E-state index is 9.19.